The summed E-state index contributed by atoms with van der Waals surface area (Å²) in [7, 11) is 0. The Morgan fingerprint density at radius 3 is 2.80 bits per heavy atom. The number of carbonyl (C=O) groups excluding carboxylic acids is 1. The topological polar surface area (TPSA) is 112 Å². The van der Waals surface area contributed by atoms with Gasteiger partial charge in [0.15, 0.2) is 0 Å². The number of rotatable bonds is 3. The predicted octanol–water partition coefficient (Wildman–Crippen LogP) is 0.197. The Hall–Kier alpha value is -2.03. The molecule has 134 valence electrons. The highest BCUT2D eigenvalue weighted by atomic mass is 16.6. The van der Waals surface area contributed by atoms with Crippen LogP contribution >= 0.6 is 0 Å². The molecule has 8 nitrogen and oxygen atoms in total. The van der Waals surface area contributed by atoms with Crippen molar-refractivity contribution in [3.63, 3.8) is 0 Å². The molecule has 2 heterocycles. The van der Waals surface area contributed by atoms with Crippen LogP contribution in [0.25, 0.3) is 0 Å². The first kappa shape index (κ1) is 16.4. The summed E-state index contributed by atoms with van der Waals surface area (Å²) in [6, 6.07) is 6.41. The molecule has 1 saturated carbocycles. The molecule has 1 aliphatic carbocycles. The number of amides is 1. The van der Waals surface area contributed by atoms with Crippen molar-refractivity contribution in [3.05, 3.63) is 39.9 Å². The third-order valence-electron chi connectivity index (χ3n) is 5.91. The van der Waals surface area contributed by atoms with Crippen molar-refractivity contribution >= 4 is 11.6 Å². The van der Waals surface area contributed by atoms with Crippen molar-refractivity contribution in [2.45, 2.75) is 49.9 Å². The molecule has 0 spiro atoms. The Morgan fingerprint density at radius 2 is 2.08 bits per heavy atom. The smallest absolute Gasteiger partial charge is 0.275 e. The Balaban J connectivity index is 1.60. The van der Waals surface area contributed by atoms with Gasteiger partial charge in [0, 0.05) is 30.3 Å². The van der Waals surface area contributed by atoms with Crippen molar-refractivity contribution in [3.8, 4) is 0 Å². The number of benzene rings is 1. The Kier molecular flexibility index (Phi) is 3.98. The first-order chi connectivity index (χ1) is 12.0. The van der Waals surface area contributed by atoms with Gasteiger partial charge in [-0.25, -0.2) is 0 Å². The average Bonchev–Trinajstić information content (AvgIpc) is 3.09. The molecule has 2 aliphatic heterocycles. The molecular weight excluding hydrogens is 324 g/mol. The number of nitrogens with two attached hydrogens (primary N) is 1. The van der Waals surface area contributed by atoms with E-state index in [4.69, 9.17) is 0 Å². The van der Waals surface area contributed by atoms with E-state index >= 15 is 0 Å². The highest BCUT2D eigenvalue weighted by molar-refractivity contribution is 5.87. The lowest BCUT2D eigenvalue weighted by molar-refractivity contribution is -0.737. The van der Waals surface area contributed by atoms with Gasteiger partial charge in [0.05, 0.1) is 10.8 Å². The third-order valence-corrected chi connectivity index (χ3v) is 5.91. The van der Waals surface area contributed by atoms with Crippen LogP contribution in [-0.2, 0) is 4.79 Å². The molecule has 8 heteroatoms. The monoisotopic (exact) mass is 347 g/mol. The maximum Gasteiger partial charge on any atom is 0.275 e. The molecular formula is C17H23N4O4+. The van der Waals surface area contributed by atoms with Crippen LogP contribution in [0.3, 0.4) is 0 Å². The molecule has 1 amide bonds. The Labute approximate surface area is 145 Å². The molecule has 0 unspecified atom stereocenters. The zero-order valence-corrected chi connectivity index (χ0v) is 13.9. The quantitative estimate of drug-likeness (QED) is 0.411. The first-order valence-corrected chi connectivity index (χ1v) is 8.89. The van der Waals surface area contributed by atoms with Gasteiger partial charge in [-0.15, -0.1) is 5.43 Å². The van der Waals surface area contributed by atoms with Crippen LogP contribution in [0.1, 0.15) is 43.7 Å². The number of quaternary nitrogens is 1. The molecule has 3 aliphatic rings. The second kappa shape index (κ2) is 6.05. The largest absolute Gasteiger partial charge is 0.363 e. The number of hydrogen-bond donors (Lipinski definition) is 3. The van der Waals surface area contributed by atoms with Crippen LogP contribution in [-0.4, -0.2) is 39.1 Å². The van der Waals surface area contributed by atoms with E-state index in [1.54, 1.807) is 11.5 Å². The number of nitrogens with zero attached hydrogens (tertiary/aromatic N) is 2. The molecule has 1 aromatic carbocycles. The van der Waals surface area contributed by atoms with Gasteiger partial charge < -0.3 is 10.0 Å². The minimum absolute atomic E-state index is 0.0230. The minimum atomic E-state index is -1.59. The zero-order chi connectivity index (χ0) is 17.6. The summed E-state index contributed by atoms with van der Waals surface area (Å²) in [6.07, 6.45) is 5.41. The maximum atomic E-state index is 12.8. The number of likely N-dealkylation sites (tertiary alicyclic amines) is 1. The van der Waals surface area contributed by atoms with Crippen molar-refractivity contribution in [1.29, 1.82) is 0 Å². The number of non-ortho nitro benzene ring substituents is 1. The predicted molar refractivity (Wildman–Crippen MR) is 87.9 cm³/mol. The van der Waals surface area contributed by atoms with Gasteiger partial charge in [0.1, 0.15) is 6.04 Å². The number of nitrogens with one attached hydrogen (secondary N) is 1. The van der Waals surface area contributed by atoms with E-state index in [2.05, 4.69) is 5.43 Å². The van der Waals surface area contributed by atoms with E-state index in [0.717, 1.165) is 31.2 Å². The number of fused-ring (bicyclic) bond motifs is 1. The first-order valence-electron chi connectivity index (χ1n) is 8.89. The van der Waals surface area contributed by atoms with E-state index in [1.807, 2.05) is 11.0 Å². The van der Waals surface area contributed by atoms with Crippen LogP contribution in [0.2, 0.25) is 0 Å². The van der Waals surface area contributed by atoms with Crippen LogP contribution in [0, 0.1) is 16.0 Å². The molecule has 4 N–H and O–H groups in total. The fourth-order valence-electron chi connectivity index (χ4n) is 4.56. The van der Waals surface area contributed by atoms with E-state index in [9.17, 15) is 20.0 Å². The number of hydrogen-bond acceptors (Lipinski definition) is 5. The normalized spacial score (nSPS) is 32.8. The fraction of sp³-hybridized carbons (Fsp3) is 0.588. The van der Waals surface area contributed by atoms with Gasteiger partial charge in [0.2, 0.25) is 0 Å². The van der Waals surface area contributed by atoms with Gasteiger partial charge >= 0.3 is 0 Å². The molecule has 25 heavy (non-hydrogen) atoms. The lowest BCUT2D eigenvalue weighted by Crippen LogP contribution is -2.93. The molecule has 3 fully saturated rings. The fourth-order valence-corrected chi connectivity index (χ4v) is 4.56. The van der Waals surface area contributed by atoms with E-state index < -0.39 is 10.6 Å². The van der Waals surface area contributed by atoms with Gasteiger partial charge in [-0.2, -0.15) is 0 Å². The van der Waals surface area contributed by atoms with Crippen molar-refractivity contribution in [2.24, 2.45) is 5.92 Å². The summed E-state index contributed by atoms with van der Waals surface area (Å²) < 4.78 is 0. The van der Waals surface area contributed by atoms with Crippen molar-refractivity contribution in [1.82, 2.24) is 10.3 Å². The van der Waals surface area contributed by atoms with Gasteiger partial charge in [0.25, 0.3) is 17.3 Å². The van der Waals surface area contributed by atoms with Crippen LogP contribution in [0.5, 0.6) is 0 Å². The highest BCUT2D eigenvalue weighted by Crippen LogP contribution is 2.40. The van der Waals surface area contributed by atoms with Crippen LogP contribution < -0.4 is 10.9 Å². The van der Waals surface area contributed by atoms with Gasteiger partial charge in [-0.05, 0) is 12.8 Å². The second-order valence-electron chi connectivity index (χ2n) is 7.31. The molecule has 0 radical (unpaired) electrons. The number of nitro benzene ring substituents is 1. The molecule has 0 aromatic heterocycles. The molecule has 1 aromatic rings. The summed E-state index contributed by atoms with van der Waals surface area (Å²) in [5, 5.41) is 22.0. The Morgan fingerprint density at radius 1 is 1.32 bits per heavy atom. The molecule has 2 saturated heterocycles. The van der Waals surface area contributed by atoms with Crippen LogP contribution in [0.15, 0.2) is 24.3 Å². The summed E-state index contributed by atoms with van der Waals surface area (Å²) in [5.74, 6) is -0.586. The molecule has 4 rings (SSSR count). The standard InChI is InChI=1S/C17H22N4O4/c22-16-17(23)14(10-20(16)12-6-2-1-3-7-12)15(18-19-17)11-5-4-8-13(9-11)21(24)25/h4-5,8-9,12,14-15,18-19,23H,1-3,6-7,10H2/p+1/t14-,15-,17-/m0/s1. The van der Waals surface area contributed by atoms with E-state index in [1.165, 1.54) is 18.6 Å². The third kappa shape index (κ3) is 2.61. The van der Waals surface area contributed by atoms with Gasteiger partial charge in [-0.1, -0.05) is 31.4 Å². The average molecular weight is 347 g/mol. The summed E-state index contributed by atoms with van der Waals surface area (Å²) in [6.45, 7) is 0.483. The van der Waals surface area contributed by atoms with Crippen molar-refractivity contribution < 1.29 is 20.3 Å². The SMILES string of the molecule is O=C1N(C2CCCCC2)C[C@H]2[C@H](c3cccc([N+](=O)[O-])c3)[NH2+]N[C@@]12O. The van der Waals surface area contributed by atoms with E-state index in [0.29, 0.717) is 6.54 Å². The molecule has 3 atom stereocenters. The maximum absolute atomic E-state index is 12.8. The molecule has 0 bridgehead atoms. The van der Waals surface area contributed by atoms with Gasteiger partial charge in [-0.3, -0.25) is 20.3 Å². The van der Waals surface area contributed by atoms with Crippen molar-refractivity contribution in [2.75, 3.05) is 6.54 Å². The Bertz CT molecular complexity index is 706. The van der Waals surface area contributed by atoms with E-state index in [-0.39, 0.29) is 29.6 Å². The number of nitro groups is 1. The lowest BCUT2D eigenvalue weighted by atomic mass is 9.89. The van der Waals surface area contributed by atoms with Crippen LogP contribution in [0.4, 0.5) is 5.69 Å². The number of carbonyl (C=O) groups is 1. The summed E-state index contributed by atoms with van der Waals surface area (Å²) in [5.41, 5.74) is 3.77. The minimum Gasteiger partial charge on any atom is -0.363 e. The summed E-state index contributed by atoms with van der Waals surface area (Å²) >= 11 is 0. The zero-order valence-electron chi connectivity index (χ0n) is 13.9. The lowest BCUT2D eigenvalue weighted by Gasteiger charge is -2.32. The second-order valence-corrected chi connectivity index (χ2v) is 7.31. The number of aliphatic hydroxyl groups is 1. The highest BCUT2D eigenvalue weighted by Gasteiger charge is 2.64. The summed E-state index contributed by atoms with van der Waals surface area (Å²) in [4.78, 5) is 25.3.